The second kappa shape index (κ2) is 10.7. The summed E-state index contributed by atoms with van der Waals surface area (Å²) in [5, 5.41) is 6.21. The highest BCUT2D eigenvalue weighted by atomic mass is 16.5. The fourth-order valence-corrected chi connectivity index (χ4v) is 3.63. The molecule has 2 aromatic rings. The molecule has 0 aliphatic carbocycles. The molecule has 0 fully saturated rings. The van der Waals surface area contributed by atoms with E-state index >= 15 is 0 Å². The number of nitrogens with one attached hydrogen (secondary N) is 2. The average Bonchev–Trinajstić information content (AvgIpc) is 3.10. The Bertz CT molecular complexity index is 1000. The molecule has 32 heavy (non-hydrogen) atoms. The quantitative estimate of drug-likeness (QED) is 0.388. The second-order valence-electron chi connectivity index (χ2n) is 7.40. The monoisotopic (exact) mass is 438 g/mol. The summed E-state index contributed by atoms with van der Waals surface area (Å²) >= 11 is 0. The van der Waals surface area contributed by atoms with Gasteiger partial charge in [0.1, 0.15) is 0 Å². The van der Waals surface area contributed by atoms with Crippen molar-refractivity contribution in [1.82, 2.24) is 0 Å². The Morgan fingerprint density at radius 3 is 2.47 bits per heavy atom. The SMILES string of the molecule is COc1cc2c(cc1OC)C(=CCCNc1ccc(N(CCCN)C(C)=O)cc1)C(=O)N2. The van der Waals surface area contributed by atoms with E-state index in [0.29, 0.717) is 48.8 Å². The van der Waals surface area contributed by atoms with Crippen LogP contribution in [0.3, 0.4) is 0 Å². The van der Waals surface area contributed by atoms with E-state index < -0.39 is 0 Å². The maximum Gasteiger partial charge on any atom is 0.256 e. The van der Waals surface area contributed by atoms with Gasteiger partial charge in [-0.15, -0.1) is 0 Å². The van der Waals surface area contributed by atoms with Crippen molar-refractivity contribution in [1.29, 1.82) is 0 Å². The molecule has 1 aliphatic heterocycles. The number of nitrogens with two attached hydrogens (primary N) is 1. The number of ether oxygens (including phenoxy) is 2. The molecule has 0 aromatic heterocycles. The number of carbonyl (C=O) groups is 2. The Morgan fingerprint density at radius 1 is 1.16 bits per heavy atom. The summed E-state index contributed by atoms with van der Waals surface area (Å²) in [5.41, 5.74) is 9.50. The van der Waals surface area contributed by atoms with Crippen LogP contribution < -0.4 is 30.7 Å². The summed E-state index contributed by atoms with van der Waals surface area (Å²) in [4.78, 5) is 26.0. The number of hydrogen-bond donors (Lipinski definition) is 3. The van der Waals surface area contributed by atoms with Crippen LogP contribution in [0.5, 0.6) is 11.5 Å². The van der Waals surface area contributed by atoms with Gasteiger partial charge in [-0.2, -0.15) is 0 Å². The van der Waals surface area contributed by atoms with Gasteiger partial charge in [-0.25, -0.2) is 0 Å². The zero-order valence-corrected chi connectivity index (χ0v) is 18.7. The first-order chi connectivity index (χ1) is 15.5. The van der Waals surface area contributed by atoms with E-state index in [-0.39, 0.29) is 11.8 Å². The van der Waals surface area contributed by atoms with Crippen LogP contribution in [-0.2, 0) is 9.59 Å². The Morgan fingerprint density at radius 2 is 1.84 bits per heavy atom. The van der Waals surface area contributed by atoms with E-state index in [0.717, 1.165) is 23.4 Å². The van der Waals surface area contributed by atoms with Crippen LogP contribution >= 0.6 is 0 Å². The first-order valence-corrected chi connectivity index (χ1v) is 10.6. The van der Waals surface area contributed by atoms with Crippen LogP contribution in [0.1, 0.15) is 25.3 Å². The van der Waals surface area contributed by atoms with Gasteiger partial charge in [0, 0.05) is 48.6 Å². The van der Waals surface area contributed by atoms with Gasteiger partial charge < -0.3 is 30.7 Å². The number of amides is 2. The highest BCUT2D eigenvalue weighted by molar-refractivity contribution is 6.31. The zero-order chi connectivity index (χ0) is 23.1. The van der Waals surface area contributed by atoms with E-state index in [1.807, 2.05) is 36.4 Å². The lowest BCUT2D eigenvalue weighted by Crippen LogP contribution is -2.30. The molecule has 0 radical (unpaired) electrons. The maximum absolute atomic E-state index is 12.4. The fourth-order valence-electron chi connectivity index (χ4n) is 3.63. The van der Waals surface area contributed by atoms with Crippen LogP contribution in [0.15, 0.2) is 42.5 Å². The molecule has 8 nitrogen and oxygen atoms in total. The van der Waals surface area contributed by atoms with Crippen LogP contribution in [-0.4, -0.2) is 45.7 Å². The lowest BCUT2D eigenvalue weighted by atomic mass is 10.1. The molecule has 170 valence electrons. The number of nitrogens with zero attached hydrogens (tertiary/aromatic N) is 1. The lowest BCUT2D eigenvalue weighted by Gasteiger charge is -2.21. The normalized spacial score (nSPS) is 13.5. The summed E-state index contributed by atoms with van der Waals surface area (Å²) in [6.07, 6.45) is 3.33. The van der Waals surface area contributed by atoms with Crippen molar-refractivity contribution in [3.63, 3.8) is 0 Å². The molecule has 0 atom stereocenters. The van der Waals surface area contributed by atoms with Crippen molar-refractivity contribution in [3.8, 4) is 11.5 Å². The van der Waals surface area contributed by atoms with Gasteiger partial charge in [0.15, 0.2) is 11.5 Å². The van der Waals surface area contributed by atoms with Crippen LogP contribution in [0.25, 0.3) is 5.57 Å². The van der Waals surface area contributed by atoms with Crippen LogP contribution in [0.2, 0.25) is 0 Å². The molecule has 1 aliphatic rings. The average molecular weight is 439 g/mol. The van der Waals surface area contributed by atoms with Gasteiger partial charge >= 0.3 is 0 Å². The molecule has 8 heteroatoms. The minimum atomic E-state index is -0.138. The van der Waals surface area contributed by atoms with E-state index in [1.54, 1.807) is 32.1 Å². The number of rotatable bonds is 10. The predicted molar refractivity (Wildman–Crippen MR) is 127 cm³/mol. The molecule has 1 heterocycles. The van der Waals surface area contributed by atoms with E-state index in [4.69, 9.17) is 15.2 Å². The molecule has 4 N–H and O–H groups in total. The topological polar surface area (TPSA) is 106 Å². The first kappa shape index (κ1) is 23.1. The third-order valence-corrected chi connectivity index (χ3v) is 5.27. The molecule has 2 amide bonds. The molecule has 3 rings (SSSR count). The highest BCUT2D eigenvalue weighted by Gasteiger charge is 2.26. The number of benzene rings is 2. The van der Waals surface area contributed by atoms with Crippen molar-refractivity contribution in [2.45, 2.75) is 19.8 Å². The maximum atomic E-state index is 12.4. The smallest absolute Gasteiger partial charge is 0.256 e. The number of methoxy groups -OCH3 is 2. The third kappa shape index (κ3) is 5.20. The van der Waals surface area contributed by atoms with Crippen molar-refractivity contribution in [2.24, 2.45) is 5.73 Å². The second-order valence-corrected chi connectivity index (χ2v) is 7.40. The number of anilines is 3. The number of carbonyl (C=O) groups excluding carboxylic acids is 2. The van der Waals surface area contributed by atoms with Gasteiger partial charge in [-0.3, -0.25) is 9.59 Å². The van der Waals surface area contributed by atoms with Gasteiger partial charge in [0.2, 0.25) is 5.91 Å². The van der Waals surface area contributed by atoms with Gasteiger partial charge in [-0.1, -0.05) is 6.08 Å². The molecule has 0 bridgehead atoms. The van der Waals surface area contributed by atoms with E-state index in [1.165, 1.54) is 0 Å². The molecular formula is C24H30N4O4. The Hall–Kier alpha value is -3.52. The van der Waals surface area contributed by atoms with Gasteiger partial charge in [0.25, 0.3) is 5.91 Å². The zero-order valence-electron chi connectivity index (χ0n) is 18.7. The fraction of sp³-hybridized carbons (Fsp3) is 0.333. The summed E-state index contributed by atoms with van der Waals surface area (Å²) in [6.45, 7) is 3.36. The molecule has 2 aromatic carbocycles. The van der Waals surface area contributed by atoms with Crippen LogP contribution in [0, 0.1) is 0 Å². The highest BCUT2D eigenvalue weighted by Crippen LogP contribution is 2.40. The Kier molecular flexibility index (Phi) is 7.72. The Balaban J connectivity index is 1.62. The molecule has 0 saturated heterocycles. The summed E-state index contributed by atoms with van der Waals surface area (Å²) in [7, 11) is 3.13. The minimum Gasteiger partial charge on any atom is -0.493 e. The van der Waals surface area contributed by atoms with E-state index in [2.05, 4.69) is 10.6 Å². The molecule has 0 saturated carbocycles. The first-order valence-electron chi connectivity index (χ1n) is 10.6. The summed E-state index contributed by atoms with van der Waals surface area (Å²) in [6, 6.07) is 11.3. The third-order valence-electron chi connectivity index (χ3n) is 5.27. The number of fused-ring (bicyclic) bond motifs is 1. The van der Waals surface area contributed by atoms with Crippen molar-refractivity contribution in [2.75, 3.05) is 49.4 Å². The van der Waals surface area contributed by atoms with Gasteiger partial charge in [0.05, 0.1) is 19.9 Å². The van der Waals surface area contributed by atoms with Crippen molar-refractivity contribution >= 4 is 34.4 Å². The van der Waals surface area contributed by atoms with Crippen LogP contribution in [0.4, 0.5) is 17.1 Å². The lowest BCUT2D eigenvalue weighted by molar-refractivity contribution is -0.116. The summed E-state index contributed by atoms with van der Waals surface area (Å²) < 4.78 is 10.7. The van der Waals surface area contributed by atoms with Gasteiger partial charge in [-0.05, 0) is 49.7 Å². The molecule has 0 spiro atoms. The largest absolute Gasteiger partial charge is 0.493 e. The van der Waals surface area contributed by atoms with Crippen molar-refractivity contribution in [3.05, 3.63) is 48.0 Å². The number of hydrogen-bond acceptors (Lipinski definition) is 6. The minimum absolute atomic E-state index is 0.00449. The molecular weight excluding hydrogens is 408 g/mol. The Labute approximate surface area is 188 Å². The molecule has 0 unspecified atom stereocenters. The van der Waals surface area contributed by atoms with E-state index in [9.17, 15) is 9.59 Å². The summed E-state index contributed by atoms with van der Waals surface area (Å²) in [5.74, 6) is 1.01. The predicted octanol–water partition coefficient (Wildman–Crippen LogP) is 3.24. The standard InChI is InChI=1S/C24H30N4O4/c1-16(29)28(13-5-11-25)18-9-7-17(8-10-18)26-12-4-6-19-20-14-22(31-2)23(32-3)15-21(20)27-24(19)30/h6-10,14-15,26H,4-5,11-13,25H2,1-3H3,(H,27,30). The van der Waals surface area contributed by atoms with Crippen molar-refractivity contribution < 1.29 is 19.1 Å².